The Bertz CT molecular complexity index is 60.4. The van der Waals surface area contributed by atoms with Gasteiger partial charge in [-0.05, 0) is 19.8 Å². The molecule has 0 heteroatoms. The average Bonchev–Trinajstić information content (AvgIpc) is 1.68. The van der Waals surface area contributed by atoms with Crippen LogP contribution in [-0.4, -0.2) is 0 Å². The Hall–Kier alpha value is -0.260. The summed E-state index contributed by atoms with van der Waals surface area (Å²) < 4.78 is 0. The van der Waals surface area contributed by atoms with E-state index >= 15 is 0 Å². The van der Waals surface area contributed by atoms with Crippen molar-refractivity contribution in [2.45, 2.75) is 27.2 Å². The fourth-order valence-corrected chi connectivity index (χ4v) is 0.440. The molecule has 0 aliphatic heterocycles. The molecule has 0 spiro atoms. The van der Waals surface area contributed by atoms with Crippen LogP contribution >= 0.6 is 0 Å². The van der Waals surface area contributed by atoms with Gasteiger partial charge in [-0.25, -0.2) is 0 Å². The summed E-state index contributed by atoms with van der Waals surface area (Å²) in [6.45, 7) is 6.32. The van der Waals surface area contributed by atoms with Crippen molar-refractivity contribution in [2.24, 2.45) is 0 Å². The molecular weight excluding hydrogens is 84.1 g/mol. The zero-order chi connectivity index (χ0) is 5.70. The number of rotatable bonds is 2. The largest absolute Gasteiger partial charge is 0.0856 e. The first-order valence-corrected chi connectivity index (χ1v) is 2.77. The van der Waals surface area contributed by atoms with Crippen LogP contribution in [0.3, 0.4) is 0 Å². The highest BCUT2D eigenvalue weighted by Gasteiger charge is 1.77. The highest BCUT2D eigenvalue weighted by molar-refractivity contribution is 5.07. The zero-order valence-corrected chi connectivity index (χ0v) is 5.36. The van der Waals surface area contributed by atoms with Crippen molar-refractivity contribution in [3.05, 3.63) is 18.1 Å². The van der Waals surface area contributed by atoms with Crippen molar-refractivity contribution in [1.82, 2.24) is 0 Å². The van der Waals surface area contributed by atoms with Crippen LogP contribution < -0.4 is 0 Å². The maximum atomic E-state index is 2.21. The van der Waals surface area contributed by atoms with Gasteiger partial charge in [-0.3, -0.25) is 0 Å². The van der Waals surface area contributed by atoms with E-state index in [9.17, 15) is 0 Å². The number of allylic oxidation sites excluding steroid dienone is 2. The lowest BCUT2D eigenvalue weighted by Gasteiger charge is -1.88. The highest BCUT2D eigenvalue weighted by Crippen LogP contribution is 1.96. The van der Waals surface area contributed by atoms with Crippen LogP contribution in [0, 0.1) is 6.42 Å². The Morgan fingerprint density at radius 1 is 1.57 bits per heavy atom. The zero-order valence-electron chi connectivity index (χ0n) is 5.36. The molecule has 41 valence electrons. The van der Waals surface area contributed by atoms with Crippen molar-refractivity contribution in [2.75, 3.05) is 0 Å². The van der Waals surface area contributed by atoms with Gasteiger partial charge < -0.3 is 0 Å². The number of hydrogen-bond acceptors (Lipinski definition) is 0. The second kappa shape index (κ2) is 3.91. The van der Waals surface area contributed by atoms with Gasteiger partial charge >= 0.3 is 0 Å². The summed E-state index contributed by atoms with van der Waals surface area (Å²) in [4.78, 5) is 0. The summed E-state index contributed by atoms with van der Waals surface area (Å²) in [6, 6.07) is 0. The summed E-state index contributed by atoms with van der Waals surface area (Å²) >= 11 is 0. The van der Waals surface area contributed by atoms with Gasteiger partial charge in [0, 0.05) is 0 Å². The third kappa shape index (κ3) is 3.57. The van der Waals surface area contributed by atoms with E-state index in [1.165, 1.54) is 5.57 Å². The van der Waals surface area contributed by atoms with E-state index in [-0.39, 0.29) is 0 Å². The van der Waals surface area contributed by atoms with Crippen LogP contribution in [0.25, 0.3) is 0 Å². The SMILES string of the molecule is C[CH]/C(C)=C/CC. The van der Waals surface area contributed by atoms with Crippen molar-refractivity contribution in [1.29, 1.82) is 0 Å². The van der Waals surface area contributed by atoms with Crippen LogP contribution in [0.1, 0.15) is 27.2 Å². The van der Waals surface area contributed by atoms with Crippen LogP contribution in [-0.2, 0) is 0 Å². The Morgan fingerprint density at radius 3 is 2.29 bits per heavy atom. The molecule has 0 nitrogen and oxygen atoms in total. The van der Waals surface area contributed by atoms with Crippen molar-refractivity contribution >= 4 is 0 Å². The lowest BCUT2D eigenvalue weighted by atomic mass is 10.2. The van der Waals surface area contributed by atoms with Gasteiger partial charge in [0.25, 0.3) is 0 Å². The molecule has 0 saturated carbocycles. The van der Waals surface area contributed by atoms with Crippen LogP contribution in [0.4, 0.5) is 0 Å². The van der Waals surface area contributed by atoms with E-state index in [2.05, 4.69) is 33.3 Å². The van der Waals surface area contributed by atoms with Gasteiger partial charge in [-0.2, -0.15) is 0 Å². The molecule has 0 aromatic carbocycles. The molecular formula is C7H13. The Kier molecular flexibility index (Phi) is 3.77. The lowest BCUT2D eigenvalue weighted by molar-refractivity contribution is 1.17. The smallest absolute Gasteiger partial charge is 0.0172 e. The van der Waals surface area contributed by atoms with Gasteiger partial charge in [0.05, 0.1) is 0 Å². The fourth-order valence-electron chi connectivity index (χ4n) is 0.440. The summed E-state index contributed by atoms with van der Waals surface area (Å²) in [5.74, 6) is 0. The first kappa shape index (κ1) is 6.74. The molecule has 0 aromatic heterocycles. The molecule has 0 saturated heterocycles. The Balaban J connectivity index is 3.29. The summed E-state index contributed by atoms with van der Waals surface area (Å²) in [7, 11) is 0. The van der Waals surface area contributed by atoms with Gasteiger partial charge in [0.1, 0.15) is 0 Å². The maximum Gasteiger partial charge on any atom is -0.0172 e. The number of hydrogen-bond donors (Lipinski definition) is 0. The van der Waals surface area contributed by atoms with Crippen LogP contribution in [0.5, 0.6) is 0 Å². The minimum Gasteiger partial charge on any atom is -0.0856 e. The third-order valence-corrected chi connectivity index (χ3v) is 0.981. The van der Waals surface area contributed by atoms with Gasteiger partial charge in [0.2, 0.25) is 0 Å². The van der Waals surface area contributed by atoms with E-state index in [4.69, 9.17) is 0 Å². The van der Waals surface area contributed by atoms with Crippen LogP contribution in [0.15, 0.2) is 11.6 Å². The minimum atomic E-state index is 1.15. The Morgan fingerprint density at radius 2 is 2.14 bits per heavy atom. The quantitative estimate of drug-likeness (QED) is 0.496. The lowest BCUT2D eigenvalue weighted by Crippen LogP contribution is -1.68. The molecule has 1 radical (unpaired) electrons. The second-order valence-corrected chi connectivity index (χ2v) is 1.65. The molecule has 0 atom stereocenters. The summed E-state index contributed by atoms with van der Waals surface area (Å²) in [5, 5.41) is 0. The molecule has 7 heavy (non-hydrogen) atoms. The van der Waals surface area contributed by atoms with Crippen LogP contribution in [0.2, 0.25) is 0 Å². The predicted octanol–water partition coefficient (Wildman–Crippen LogP) is 2.57. The van der Waals surface area contributed by atoms with Gasteiger partial charge in [-0.1, -0.05) is 25.5 Å². The summed E-state index contributed by atoms with van der Waals surface area (Å²) in [6.07, 6.45) is 5.47. The second-order valence-electron chi connectivity index (χ2n) is 1.65. The molecule has 0 N–H and O–H groups in total. The monoisotopic (exact) mass is 97.1 g/mol. The first-order valence-electron chi connectivity index (χ1n) is 2.77. The highest BCUT2D eigenvalue weighted by atomic mass is 13.8. The topological polar surface area (TPSA) is 0 Å². The Labute approximate surface area is 46.2 Å². The molecule has 0 aromatic rings. The molecule has 0 aliphatic rings. The predicted molar refractivity (Wildman–Crippen MR) is 34.0 cm³/mol. The molecule has 0 fully saturated rings. The van der Waals surface area contributed by atoms with E-state index in [0.29, 0.717) is 0 Å². The normalized spacial score (nSPS) is 12.1. The standard InChI is InChI=1S/C7H13/c1-4-6-7(3)5-2/h5-6H,4H2,1-3H3/b7-6+. The maximum absolute atomic E-state index is 2.21. The summed E-state index contributed by atoms with van der Waals surface area (Å²) in [5.41, 5.74) is 1.38. The molecule has 0 aliphatic carbocycles. The van der Waals surface area contributed by atoms with E-state index in [0.717, 1.165) is 6.42 Å². The van der Waals surface area contributed by atoms with Crippen molar-refractivity contribution in [3.8, 4) is 0 Å². The molecule has 0 heterocycles. The van der Waals surface area contributed by atoms with Crippen molar-refractivity contribution < 1.29 is 0 Å². The van der Waals surface area contributed by atoms with Gasteiger partial charge in [-0.15, -0.1) is 0 Å². The minimum absolute atomic E-state index is 1.15. The molecule has 0 bridgehead atoms. The van der Waals surface area contributed by atoms with Crippen molar-refractivity contribution in [3.63, 3.8) is 0 Å². The van der Waals surface area contributed by atoms with E-state index in [1.54, 1.807) is 0 Å². The molecule has 0 amide bonds. The fraction of sp³-hybridized carbons (Fsp3) is 0.571. The molecule has 0 unspecified atom stereocenters. The molecule has 0 rings (SSSR count). The van der Waals surface area contributed by atoms with Gasteiger partial charge in [0.15, 0.2) is 0 Å². The van der Waals surface area contributed by atoms with E-state index < -0.39 is 0 Å². The average molecular weight is 97.2 g/mol. The first-order chi connectivity index (χ1) is 3.31. The van der Waals surface area contributed by atoms with E-state index in [1.807, 2.05) is 0 Å². The third-order valence-electron chi connectivity index (χ3n) is 0.981.